The van der Waals surface area contributed by atoms with Crippen LogP contribution in [0.1, 0.15) is 44.6 Å². The predicted octanol–water partition coefficient (Wildman–Crippen LogP) is 3.34. The second-order valence-corrected chi connectivity index (χ2v) is 11.1. The van der Waals surface area contributed by atoms with Crippen LogP contribution in [0.15, 0.2) is 48.5 Å². The summed E-state index contributed by atoms with van der Waals surface area (Å²) in [5.74, 6) is 0.0872. The number of benzene rings is 2. The van der Waals surface area contributed by atoms with Gasteiger partial charge in [-0.15, -0.1) is 0 Å². The number of carbonyl (C=O) groups excluding carboxylic acids is 2. The topological polar surface area (TPSA) is 105 Å². The zero-order valence-corrected chi connectivity index (χ0v) is 22.8. The number of methoxy groups -OCH3 is 2. The molecule has 0 radical (unpaired) electrons. The third-order valence-corrected chi connectivity index (χ3v) is 7.76. The fraction of sp³-hybridized carbons (Fsp3) is 0.481. The maximum Gasteiger partial charge on any atom is 0.244 e. The van der Waals surface area contributed by atoms with Crippen LogP contribution in [-0.4, -0.2) is 64.2 Å². The quantitative estimate of drug-likeness (QED) is 0.451. The Hall–Kier alpha value is -3.27. The standard InChI is InChI=1S/C27H37N3O6S/c1-5-23(27(32)28-21-13-9-10-14-21)29(18-20-11-7-6-8-12-20)26(31)19-30(37(4,33)34)22-15-16-24(35-2)25(17-22)36-3/h6-8,11-12,15-17,21,23H,5,9-10,13-14,18-19H2,1-4H3,(H,28,32). The highest BCUT2D eigenvalue weighted by Gasteiger charge is 2.33. The Morgan fingerprint density at radius 2 is 1.68 bits per heavy atom. The van der Waals surface area contributed by atoms with Gasteiger partial charge in [0.25, 0.3) is 0 Å². The highest BCUT2D eigenvalue weighted by atomic mass is 32.2. The van der Waals surface area contributed by atoms with E-state index in [1.54, 1.807) is 12.1 Å². The van der Waals surface area contributed by atoms with Gasteiger partial charge in [0.1, 0.15) is 12.6 Å². The highest BCUT2D eigenvalue weighted by molar-refractivity contribution is 7.92. The van der Waals surface area contributed by atoms with Crippen molar-refractivity contribution in [2.75, 3.05) is 31.3 Å². The molecule has 0 aliphatic heterocycles. The molecule has 1 aliphatic carbocycles. The molecule has 3 rings (SSSR count). The first-order valence-electron chi connectivity index (χ1n) is 12.5. The fourth-order valence-electron chi connectivity index (χ4n) is 4.66. The van der Waals surface area contributed by atoms with Gasteiger partial charge in [-0.2, -0.15) is 0 Å². The maximum atomic E-state index is 13.8. The number of amides is 2. The van der Waals surface area contributed by atoms with Crippen molar-refractivity contribution in [1.29, 1.82) is 0 Å². The van der Waals surface area contributed by atoms with E-state index in [2.05, 4.69) is 5.32 Å². The molecule has 0 heterocycles. The van der Waals surface area contributed by atoms with Gasteiger partial charge in [0.05, 0.1) is 26.2 Å². The molecule has 202 valence electrons. The second-order valence-electron chi connectivity index (χ2n) is 9.23. The highest BCUT2D eigenvalue weighted by Crippen LogP contribution is 2.32. The van der Waals surface area contributed by atoms with Crippen LogP contribution in [-0.2, 0) is 26.2 Å². The van der Waals surface area contributed by atoms with Gasteiger partial charge in [-0.1, -0.05) is 50.1 Å². The van der Waals surface area contributed by atoms with Crippen molar-refractivity contribution in [3.63, 3.8) is 0 Å². The molecule has 0 saturated heterocycles. The van der Waals surface area contributed by atoms with Crippen molar-refractivity contribution >= 4 is 27.5 Å². The summed E-state index contributed by atoms with van der Waals surface area (Å²) in [6.45, 7) is 1.57. The summed E-state index contributed by atoms with van der Waals surface area (Å²) < 4.78 is 37.2. The van der Waals surface area contributed by atoms with Crippen LogP contribution in [0.5, 0.6) is 11.5 Å². The Kier molecular flexibility index (Phi) is 9.79. The van der Waals surface area contributed by atoms with E-state index in [4.69, 9.17) is 9.47 Å². The van der Waals surface area contributed by atoms with Crippen molar-refractivity contribution in [3.8, 4) is 11.5 Å². The van der Waals surface area contributed by atoms with Crippen molar-refractivity contribution in [1.82, 2.24) is 10.2 Å². The van der Waals surface area contributed by atoms with Crippen LogP contribution < -0.4 is 19.1 Å². The number of ether oxygens (including phenoxy) is 2. The van der Waals surface area contributed by atoms with Crippen molar-refractivity contribution < 1.29 is 27.5 Å². The number of carbonyl (C=O) groups is 2. The lowest BCUT2D eigenvalue weighted by atomic mass is 10.1. The van der Waals surface area contributed by atoms with Gasteiger partial charge in [0.2, 0.25) is 21.8 Å². The number of hydrogen-bond donors (Lipinski definition) is 1. The lowest BCUT2D eigenvalue weighted by Crippen LogP contribution is -2.53. The lowest BCUT2D eigenvalue weighted by molar-refractivity contribution is -0.140. The van der Waals surface area contributed by atoms with E-state index in [1.807, 2.05) is 37.3 Å². The van der Waals surface area contributed by atoms with E-state index in [1.165, 1.54) is 25.2 Å². The van der Waals surface area contributed by atoms with E-state index < -0.39 is 28.5 Å². The largest absolute Gasteiger partial charge is 0.493 e. The zero-order valence-electron chi connectivity index (χ0n) is 22.0. The summed E-state index contributed by atoms with van der Waals surface area (Å²) >= 11 is 0. The molecule has 1 N–H and O–H groups in total. The first-order valence-corrected chi connectivity index (χ1v) is 14.4. The molecular formula is C27H37N3O6S. The average Bonchev–Trinajstić information content (AvgIpc) is 3.39. The van der Waals surface area contributed by atoms with Crippen molar-refractivity contribution in [3.05, 3.63) is 54.1 Å². The molecule has 2 amide bonds. The van der Waals surface area contributed by atoms with Crippen LogP contribution >= 0.6 is 0 Å². The maximum absolute atomic E-state index is 13.8. The fourth-order valence-corrected chi connectivity index (χ4v) is 5.50. The molecule has 0 spiro atoms. The molecule has 9 nitrogen and oxygen atoms in total. The molecule has 1 fully saturated rings. The Labute approximate surface area is 219 Å². The third kappa shape index (κ3) is 7.38. The minimum Gasteiger partial charge on any atom is -0.493 e. The van der Waals surface area contributed by atoms with Crippen LogP contribution in [0.2, 0.25) is 0 Å². The summed E-state index contributed by atoms with van der Waals surface area (Å²) in [6, 6.07) is 13.4. The number of nitrogens with one attached hydrogen (secondary N) is 1. The average molecular weight is 532 g/mol. The number of rotatable bonds is 12. The van der Waals surface area contributed by atoms with E-state index in [0.717, 1.165) is 41.8 Å². The Morgan fingerprint density at radius 1 is 1.03 bits per heavy atom. The van der Waals surface area contributed by atoms with E-state index >= 15 is 0 Å². The van der Waals surface area contributed by atoms with Gasteiger partial charge in [-0.3, -0.25) is 13.9 Å². The number of nitrogens with zero attached hydrogens (tertiary/aromatic N) is 2. The van der Waals surface area contributed by atoms with Gasteiger partial charge in [0, 0.05) is 18.7 Å². The summed E-state index contributed by atoms with van der Waals surface area (Å²) in [7, 11) is -0.910. The zero-order chi connectivity index (χ0) is 27.0. The molecule has 1 unspecified atom stereocenters. The van der Waals surface area contributed by atoms with Gasteiger partial charge in [-0.25, -0.2) is 8.42 Å². The smallest absolute Gasteiger partial charge is 0.244 e. The predicted molar refractivity (Wildman–Crippen MR) is 143 cm³/mol. The van der Waals surface area contributed by atoms with Crippen LogP contribution in [0.25, 0.3) is 0 Å². The van der Waals surface area contributed by atoms with Crippen molar-refractivity contribution in [2.24, 2.45) is 0 Å². The van der Waals surface area contributed by atoms with E-state index in [9.17, 15) is 18.0 Å². The summed E-state index contributed by atoms with van der Waals surface area (Å²) in [5, 5.41) is 3.10. The van der Waals surface area contributed by atoms with E-state index in [-0.39, 0.29) is 24.2 Å². The molecule has 0 aromatic heterocycles. The molecule has 2 aromatic rings. The second kappa shape index (κ2) is 12.8. The van der Waals surface area contributed by atoms with E-state index in [0.29, 0.717) is 17.9 Å². The first kappa shape index (κ1) is 28.3. The molecule has 1 saturated carbocycles. The lowest BCUT2D eigenvalue weighted by Gasteiger charge is -2.33. The monoisotopic (exact) mass is 531 g/mol. The normalized spacial score (nSPS) is 14.6. The molecule has 1 aliphatic rings. The number of hydrogen-bond acceptors (Lipinski definition) is 6. The van der Waals surface area contributed by atoms with Crippen LogP contribution in [0, 0.1) is 0 Å². The Bertz CT molecular complexity index is 1170. The number of sulfonamides is 1. The van der Waals surface area contributed by atoms with Crippen LogP contribution in [0.3, 0.4) is 0 Å². The van der Waals surface area contributed by atoms with Gasteiger partial charge < -0.3 is 19.7 Å². The van der Waals surface area contributed by atoms with Gasteiger partial charge in [0.15, 0.2) is 11.5 Å². The number of anilines is 1. The summed E-state index contributed by atoms with van der Waals surface area (Å²) in [5.41, 5.74) is 1.11. The van der Waals surface area contributed by atoms with Gasteiger partial charge >= 0.3 is 0 Å². The Morgan fingerprint density at radius 3 is 2.24 bits per heavy atom. The molecular weight excluding hydrogens is 494 g/mol. The minimum absolute atomic E-state index is 0.106. The van der Waals surface area contributed by atoms with Crippen LogP contribution in [0.4, 0.5) is 5.69 Å². The molecule has 1 atom stereocenters. The third-order valence-electron chi connectivity index (χ3n) is 6.62. The molecule has 10 heteroatoms. The molecule has 0 bridgehead atoms. The summed E-state index contributed by atoms with van der Waals surface area (Å²) in [4.78, 5) is 28.6. The summed E-state index contributed by atoms with van der Waals surface area (Å²) in [6.07, 6.45) is 5.44. The molecule has 2 aromatic carbocycles. The first-order chi connectivity index (χ1) is 17.7. The Balaban J connectivity index is 1.93. The minimum atomic E-state index is -3.85. The SMILES string of the molecule is CCC(C(=O)NC1CCCC1)N(Cc1ccccc1)C(=O)CN(c1ccc(OC)c(OC)c1)S(C)(=O)=O. The molecule has 37 heavy (non-hydrogen) atoms. The van der Waals surface area contributed by atoms with Crippen molar-refractivity contribution in [2.45, 2.75) is 57.7 Å². The van der Waals surface area contributed by atoms with Gasteiger partial charge in [-0.05, 0) is 37.0 Å².